The normalized spacial score (nSPS) is 19.4. The number of carbonyl (C=O) groups excluding carboxylic acids is 1. The second kappa shape index (κ2) is 11.4. The van der Waals surface area contributed by atoms with E-state index < -0.39 is 0 Å². The van der Waals surface area contributed by atoms with Gasteiger partial charge in [-0.25, -0.2) is 0 Å². The van der Waals surface area contributed by atoms with Gasteiger partial charge in [-0.3, -0.25) is 9.69 Å². The zero-order chi connectivity index (χ0) is 25.6. The van der Waals surface area contributed by atoms with Crippen molar-refractivity contribution in [1.29, 1.82) is 0 Å². The van der Waals surface area contributed by atoms with Gasteiger partial charge in [0.15, 0.2) is 0 Å². The minimum absolute atomic E-state index is 0.0863. The van der Waals surface area contributed by atoms with E-state index in [1.165, 1.54) is 41.5 Å². The number of nitrogens with zero attached hydrogens (tertiary/aromatic N) is 1. The van der Waals surface area contributed by atoms with E-state index in [1.54, 1.807) is 7.11 Å². The van der Waals surface area contributed by atoms with Crippen LogP contribution >= 0.6 is 0 Å². The van der Waals surface area contributed by atoms with Crippen molar-refractivity contribution < 1.29 is 9.53 Å². The van der Waals surface area contributed by atoms with Gasteiger partial charge in [0.2, 0.25) is 6.41 Å². The second-order valence-electron chi connectivity index (χ2n) is 10.5. The summed E-state index contributed by atoms with van der Waals surface area (Å²) in [6.45, 7) is 2.76. The van der Waals surface area contributed by atoms with E-state index in [0.717, 1.165) is 44.5 Å². The minimum atomic E-state index is -0.266. The molecule has 1 aliphatic carbocycles. The summed E-state index contributed by atoms with van der Waals surface area (Å²) in [4.78, 5) is 14.2. The Balaban J connectivity index is 1.39. The summed E-state index contributed by atoms with van der Waals surface area (Å²) in [5, 5.41) is 3.04. The highest BCUT2D eigenvalue weighted by molar-refractivity contribution is 5.61. The lowest BCUT2D eigenvalue weighted by Crippen LogP contribution is -2.53. The third kappa shape index (κ3) is 5.21. The molecule has 4 heteroatoms. The Morgan fingerprint density at radius 2 is 1.73 bits per heavy atom. The Kier molecular flexibility index (Phi) is 7.76. The van der Waals surface area contributed by atoms with E-state index in [-0.39, 0.29) is 11.0 Å². The van der Waals surface area contributed by atoms with Crippen LogP contribution in [0.15, 0.2) is 84.9 Å². The molecule has 2 aliphatic rings. The summed E-state index contributed by atoms with van der Waals surface area (Å²) in [5.74, 6) is 0.918. The number of amides is 1. The molecule has 1 N–H and O–H groups in total. The maximum absolute atomic E-state index is 11.4. The van der Waals surface area contributed by atoms with Crippen molar-refractivity contribution in [1.82, 2.24) is 10.2 Å². The SMILES string of the molecule is COc1ccc2c(c1)C=CC1(CCCCN1CCCC(CNC=O)(c1ccccc1)c1ccccc1)C2. The summed E-state index contributed by atoms with van der Waals surface area (Å²) in [7, 11) is 1.73. The molecule has 0 aromatic heterocycles. The van der Waals surface area contributed by atoms with Gasteiger partial charge in [-0.2, -0.15) is 0 Å². The Morgan fingerprint density at radius 3 is 2.41 bits per heavy atom. The predicted molar refractivity (Wildman–Crippen MR) is 151 cm³/mol. The first-order valence-corrected chi connectivity index (χ1v) is 13.6. The fraction of sp³-hybridized carbons (Fsp3) is 0.364. The van der Waals surface area contributed by atoms with Crippen LogP contribution in [-0.4, -0.2) is 43.6 Å². The number of methoxy groups -OCH3 is 1. The van der Waals surface area contributed by atoms with Gasteiger partial charge in [0, 0.05) is 17.5 Å². The molecule has 192 valence electrons. The highest BCUT2D eigenvalue weighted by Gasteiger charge is 2.39. The molecule has 1 unspecified atom stereocenters. The molecule has 1 spiro atoms. The Bertz CT molecular complexity index is 1170. The van der Waals surface area contributed by atoms with Gasteiger partial charge in [-0.1, -0.05) is 85.3 Å². The molecule has 0 bridgehead atoms. The number of carbonyl (C=O) groups is 1. The topological polar surface area (TPSA) is 41.6 Å². The average Bonchev–Trinajstić information content (AvgIpc) is 2.96. The van der Waals surface area contributed by atoms with Crippen LogP contribution in [0.5, 0.6) is 5.75 Å². The van der Waals surface area contributed by atoms with E-state index in [2.05, 4.69) is 101 Å². The van der Waals surface area contributed by atoms with Crippen molar-refractivity contribution in [3.05, 3.63) is 107 Å². The molecule has 5 rings (SSSR count). The molecule has 1 amide bonds. The van der Waals surface area contributed by atoms with Crippen molar-refractivity contribution in [2.75, 3.05) is 26.7 Å². The summed E-state index contributed by atoms with van der Waals surface area (Å²) in [5.41, 5.74) is 5.02. The largest absolute Gasteiger partial charge is 0.497 e. The summed E-state index contributed by atoms with van der Waals surface area (Å²) in [6, 6.07) is 27.8. The van der Waals surface area contributed by atoms with E-state index in [0.29, 0.717) is 6.54 Å². The molecule has 4 nitrogen and oxygen atoms in total. The molecule has 1 atom stereocenters. The van der Waals surface area contributed by atoms with E-state index in [9.17, 15) is 4.79 Å². The van der Waals surface area contributed by atoms with Crippen LogP contribution in [0.2, 0.25) is 0 Å². The second-order valence-corrected chi connectivity index (χ2v) is 10.5. The maximum Gasteiger partial charge on any atom is 0.207 e. The van der Waals surface area contributed by atoms with Crippen molar-refractivity contribution in [3.8, 4) is 5.75 Å². The van der Waals surface area contributed by atoms with E-state index in [1.807, 2.05) is 0 Å². The molecular formula is C33H38N2O2. The molecule has 0 radical (unpaired) electrons. The number of piperidine rings is 1. The van der Waals surface area contributed by atoms with Crippen LogP contribution in [0.3, 0.4) is 0 Å². The fourth-order valence-corrected chi connectivity index (χ4v) is 6.54. The third-order valence-electron chi connectivity index (χ3n) is 8.51. The van der Waals surface area contributed by atoms with Gasteiger partial charge in [0.25, 0.3) is 0 Å². The Hall–Kier alpha value is -3.37. The predicted octanol–water partition coefficient (Wildman–Crippen LogP) is 6.00. The molecule has 1 fully saturated rings. The highest BCUT2D eigenvalue weighted by Crippen LogP contribution is 2.40. The molecule has 3 aromatic carbocycles. The molecule has 1 saturated heterocycles. The van der Waals surface area contributed by atoms with Gasteiger partial charge < -0.3 is 10.1 Å². The number of benzene rings is 3. The van der Waals surface area contributed by atoms with Gasteiger partial charge in [0.1, 0.15) is 5.75 Å². The number of hydrogen-bond donors (Lipinski definition) is 1. The van der Waals surface area contributed by atoms with Crippen molar-refractivity contribution >= 4 is 12.5 Å². The first-order chi connectivity index (χ1) is 18.2. The highest BCUT2D eigenvalue weighted by atomic mass is 16.5. The van der Waals surface area contributed by atoms with Gasteiger partial charge in [0.05, 0.1) is 7.11 Å². The van der Waals surface area contributed by atoms with E-state index >= 15 is 0 Å². The number of nitrogens with one attached hydrogen (secondary N) is 1. The number of ether oxygens (including phenoxy) is 1. The number of fused-ring (bicyclic) bond motifs is 1. The van der Waals surface area contributed by atoms with Gasteiger partial charge >= 0.3 is 0 Å². The maximum atomic E-state index is 11.4. The average molecular weight is 495 g/mol. The third-order valence-corrected chi connectivity index (χ3v) is 8.51. The molecular weight excluding hydrogens is 456 g/mol. The number of likely N-dealkylation sites (tertiary alicyclic amines) is 1. The number of hydrogen-bond acceptors (Lipinski definition) is 3. The van der Waals surface area contributed by atoms with Crippen molar-refractivity contribution in [2.45, 2.75) is 49.5 Å². The van der Waals surface area contributed by atoms with Crippen LogP contribution in [0.4, 0.5) is 0 Å². The van der Waals surface area contributed by atoms with Crippen molar-refractivity contribution in [3.63, 3.8) is 0 Å². The standard InChI is InChI=1S/C33H38N2O2/c1-37-31-16-15-28-24-32(20-17-27(28)23-31)18-8-9-21-35(32)22-10-19-33(25-34-26-36,29-11-4-2-5-12-29)30-13-6-3-7-14-30/h2-7,11-17,20,23,26H,8-10,18-19,21-22,24-25H2,1H3,(H,34,36). The molecule has 3 aromatic rings. The first-order valence-electron chi connectivity index (χ1n) is 13.6. The Morgan fingerprint density at radius 1 is 1.00 bits per heavy atom. The lowest BCUT2D eigenvalue weighted by atomic mass is 9.71. The lowest BCUT2D eigenvalue weighted by molar-refractivity contribution is -0.109. The van der Waals surface area contributed by atoms with Crippen LogP contribution in [0.25, 0.3) is 6.08 Å². The quantitative estimate of drug-likeness (QED) is 0.352. The van der Waals surface area contributed by atoms with Crippen LogP contribution in [0, 0.1) is 0 Å². The minimum Gasteiger partial charge on any atom is -0.497 e. The number of rotatable bonds is 10. The molecule has 1 heterocycles. The van der Waals surface area contributed by atoms with Gasteiger partial charge in [-0.15, -0.1) is 0 Å². The summed E-state index contributed by atoms with van der Waals surface area (Å²) < 4.78 is 5.45. The Labute approximate surface area is 221 Å². The lowest BCUT2D eigenvalue weighted by Gasteiger charge is -2.48. The van der Waals surface area contributed by atoms with Gasteiger partial charge in [-0.05, 0) is 79.6 Å². The summed E-state index contributed by atoms with van der Waals surface area (Å²) in [6.07, 6.45) is 12.4. The molecule has 0 saturated carbocycles. The van der Waals surface area contributed by atoms with Crippen molar-refractivity contribution in [2.24, 2.45) is 0 Å². The zero-order valence-corrected chi connectivity index (χ0v) is 21.9. The first kappa shape index (κ1) is 25.3. The fourth-order valence-electron chi connectivity index (χ4n) is 6.54. The zero-order valence-electron chi connectivity index (χ0n) is 21.9. The van der Waals surface area contributed by atoms with E-state index in [4.69, 9.17) is 4.74 Å². The van der Waals surface area contributed by atoms with Crippen LogP contribution in [0.1, 0.15) is 54.4 Å². The van der Waals surface area contributed by atoms with Crippen LogP contribution < -0.4 is 10.1 Å². The van der Waals surface area contributed by atoms with Crippen LogP contribution in [-0.2, 0) is 16.6 Å². The summed E-state index contributed by atoms with van der Waals surface area (Å²) >= 11 is 0. The molecule has 1 aliphatic heterocycles. The molecule has 37 heavy (non-hydrogen) atoms. The smallest absolute Gasteiger partial charge is 0.207 e. The monoisotopic (exact) mass is 494 g/mol.